The molecule has 0 bridgehead atoms. The quantitative estimate of drug-likeness (QED) is 0.384. The molecule has 0 saturated carbocycles. The third kappa shape index (κ3) is 0.708. The molecule has 0 radical (unpaired) electrons. The minimum absolute atomic E-state index is 1.03. The van der Waals surface area contributed by atoms with E-state index in [0.717, 1.165) is 11.3 Å². The van der Waals surface area contributed by atoms with Gasteiger partial charge in [-0.15, -0.1) is 0 Å². The van der Waals surface area contributed by atoms with Crippen molar-refractivity contribution >= 4 is 0 Å². The van der Waals surface area contributed by atoms with Crippen LogP contribution in [0.3, 0.4) is 0 Å². The van der Waals surface area contributed by atoms with Gasteiger partial charge in [-0.1, -0.05) is 5.73 Å². The van der Waals surface area contributed by atoms with Gasteiger partial charge < -0.3 is 5.32 Å². The highest BCUT2D eigenvalue weighted by Gasteiger charge is 2.13. The molecule has 0 spiro atoms. The average molecular weight is 128 g/mol. The predicted molar refractivity (Wildman–Crippen MR) is 39.8 cm³/mol. The number of allylic oxidation sites excluding steroid dienone is 5. The number of hydrogen-bond acceptors (Lipinski definition) is 1. The van der Waals surface area contributed by atoms with Crippen LogP contribution in [-0.4, -0.2) is 0 Å². The van der Waals surface area contributed by atoms with Gasteiger partial charge in [0.25, 0.3) is 0 Å². The molecule has 1 aliphatic heterocycles. The van der Waals surface area contributed by atoms with E-state index in [0.29, 0.717) is 0 Å². The maximum Gasteiger partial charge on any atom is 0.215 e. The van der Waals surface area contributed by atoms with E-state index in [-0.39, 0.29) is 0 Å². The molecule has 1 heteroatoms. The van der Waals surface area contributed by atoms with Crippen molar-refractivity contribution in [2.75, 3.05) is 0 Å². The average Bonchev–Trinajstić information content (AvgIpc) is 2.05. The van der Waals surface area contributed by atoms with Gasteiger partial charge in [0.2, 0.25) is 5.70 Å². The fraction of sp³-hybridized carbons (Fsp3) is 0. The van der Waals surface area contributed by atoms with Crippen LogP contribution in [0.5, 0.6) is 0 Å². The lowest BCUT2D eigenvalue weighted by molar-refractivity contribution is 1.06. The predicted octanol–water partition coefficient (Wildman–Crippen LogP) is 1.44. The summed E-state index contributed by atoms with van der Waals surface area (Å²) in [5.74, 6) is 0. The Balaban J connectivity index is 2.52. The number of hydrogen-bond donors (Lipinski definition) is 1. The Kier molecular flexibility index (Phi) is 1.05. The molecule has 10 heavy (non-hydrogen) atoms. The maximum absolute atomic E-state index is 3.08. The first-order chi connectivity index (χ1) is 4.97. The molecular formula is C9H6N+. The van der Waals surface area contributed by atoms with Crippen LogP contribution in [-0.2, 0) is 0 Å². The van der Waals surface area contributed by atoms with E-state index < -0.39 is 0 Å². The molecule has 0 aromatic rings. The van der Waals surface area contributed by atoms with Gasteiger partial charge in [0.1, 0.15) is 11.6 Å². The van der Waals surface area contributed by atoms with Crippen molar-refractivity contribution in [2.45, 2.75) is 0 Å². The zero-order chi connectivity index (χ0) is 6.81. The van der Waals surface area contributed by atoms with Crippen molar-refractivity contribution in [3.8, 4) is 0 Å². The highest BCUT2D eigenvalue weighted by molar-refractivity contribution is 5.46. The third-order valence-corrected chi connectivity index (χ3v) is 1.43. The van der Waals surface area contributed by atoms with Gasteiger partial charge >= 0.3 is 0 Å². The Labute approximate surface area is 59.7 Å². The SMILES string of the molecule is C1=CNC2=[C+]C=CC=C2C=1. The topological polar surface area (TPSA) is 12.0 Å². The van der Waals surface area contributed by atoms with Crippen molar-refractivity contribution in [3.63, 3.8) is 0 Å². The van der Waals surface area contributed by atoms with Gasteiger partial charge in [-0.2, -0.15) is 0 Å². The molecule has 1 N–H and O–H groups in total. The van der Waals surface area contributed by atoms with Crippen molar-refractivity contribution in [3.05, 3.63) is 53.6 Å². The smallest absolute Gasteiger partial charge is 0.215 e. The van der Waals surface area contributed by atoms with Crippen LogP contribution in [0.15, 0.2) is 47.5 Å². The summed E-state index contributed by atoms with van der Waals surface area (Å²) in [6.45, 7) is 0. The van der Waals surface area contributed by atoms with Crippen molar-refractivity contribution in [1.82, 2.24) is 5.32 Å². The monoisotopic (exact) mass is 128 g/mol. The summed E-state index contributed by atoms with van der Waals surface area (Å²) in [5, 5.41) is 3.04. The Bertz CT molecular complexity index is 297. The summed E-state index contributed by atoms with van der Waals surface area (Å²) in [7, 11) is 0. The van der Waals surface area contributed by atoms with Crippen LogP contribution in [0.2, 0.25) is 0 Å². The van der Waals surface area contributed by atoms with E-state index in [1.54, 1.807) is 6.20 Å². The molecule has 0 unspecified atom stereocenters. The van der Waals surface area contributed by atoms with Gasteiger partial charge in [0.05, 0.1) is 12.2 Å². The van der Waals surface area contributed by atoms with E-state index in [2.05, 4.69) is 17.1 Å². The van der Waals surface area contributed by atoms with E-state index in [9.17, 15) is 0 Å². The zero-order valence-corrected chi connectivity index (χ0v) is 5.39. The van der Waals surface area contributed by atoms with Crippen LogP contribution < -0.4 is 5.32 Å². The first kappa shape index (κ1) is 5.25. The van der Waals surface area contributed by atoms with Gasteiger partial charge in [-0.25, -0.2) is 0 Å². The number of fused-ring (bicyclic) bond motifs is 1. The Hall–Kier alpha value is -1.55. The molecule has 46 valence electrons. The Morgan fingerprint density at radius 3 is 3.40 bits per heavy atom. The molecule has 0 atom stereocenters. The Morgan fingerprint density at radius 2 is 2.50 bits per heavy atom. The molecule has 2 aliphatic rings. The summed E-state index contributed by atoms with van der Waals surface area (Å²) in [6.07, 6.45) is 12.7. The fourth-order valence-corrected chi connectivity index (χ4v) is 0.940. The van der Waals surface area contributed by atoms with Gasteiger partial charge in [0, 0.05) is 18.4 Å². The van der Waals surface area contributed by atoms with Gasteiger partial charge in [-0.3, -0.25) is 0 Å². The summed E-state index contributed by atoms with van der Waals surface area (Å²) >= 11 is 0. The highest BCUT2D eigenvalue weighted by Crippen LogP contribution is 2.13. The Morgan fingerprint density at radius 1 is 1.50 bits per heavy atom. The largest absolute Gasteiger partial charge is 0.325 e. The summed E-state index contributed by atoms with van der Waals surface area (Å²) < 4.78 is 0. The van der Waals surface area contributed by atoms with Crippen LogP contribution in [0.1, 0.15) is 0 Å². The molecule has 2 rings (SSSR count). The van der Waals surface area contributed by atoms with Crippen LogP contribution in [0.25, 0.3) is 0 Å². The van der Waals surface area contributed by atoms with Crippen molar-refractivity contribution < 1.29 is 0 Å². The standard InChI is InChI=1S/C9H6N/c1-2-6-9-8(4-1)5-3-7-10-9/h1-2,4-5,7,10H/q+1. The van der Waals surface area contributed by atoms with E-state index in [1.165, 1.54) is 0 Å². The lowest BCUT2D eigenvalue weighted by atomic mass is 10.1. The lowest BCUT2D eigenvalue weighted by Gasteiger charge is -2.01. The molecule has 0 aromatic carbocycles. The molecule has 1 heterocycles. The second-order valence-electron chi connectivity index (χ2n) is 2.10. The molecular weight excluding hydrogens is 122 g/mol. The molecule has 1 aliphatic carbocycles. The minimum Gasteiger partial charge on any atom is -0.325 e. The van der Waals surface area contributed by atoms with E-state index in [1.807, 2.05) is 24.3 Å². The number of rotatable bonds is 0. The highest BCUT2D eigenvalue weighted by atomic mass is 14.9. The van der Waals surface area contributed by atoms with Crippen molar-refractivity contribution in [1.29, 1.82) is 0 Å². The number of nitrogens with one attached hydrogen (secondary N) is 1. The van der Waals surface area contributed by atoms with Crippen molar-refractivity contribution in [2.24, 2.45) is 0 Å². The molecule has 0 aromatic heterocycles. The van der Waals surface area contributed by atoms with Gasteiger partial charge in [0.15, 0.2) is 0 Å². The van der Waals surface area contributed by atoms with E-state index in [4.69, 9.17) is 0 Å². The summed E-state index contributed by atoms with van der Waals surface area (Å²) in [5.41, 5.74) is 5.13. The molecule has 0 fully saturated rings. The lowest BCUT2D eigenvalue weighted by Crippen LogP contribution is -2.09. The summed E-state index contributed by atoms with van der Waals surface area (Å²) in [6, 6.07) is 0. The normalized spacial score (nSPS) is 18.4. The van der Waals surface area contributed by atoms with Gasteiger partial charge in [-0.05, 0) is 0 Å². The molecule has 1 nitrogen and oxygen atoms in total. The molecule has 0 amide bonds. The first-order valence-electron chi connectivity index (χ1n) is 3.15. The second kappa shape index (κ2) is 2.00. The fourth-order valence-electron chi connectivity index (χ4n) is 0.940. The van der Waals surface area contributed by atoms with Crippen LogP contribution >= 0.6 is 0 Å². The summed E-state index contributed by atoms with van der Waals surface area (Å²) in [4.78, 5) is 0. The van der Waals surface area contributed by atoms with Crippen LogP contribution in [0, 0.1) is 6.08 Å². The van der Waals surface area contributed by atoms with Crippen LogP contribution in [0.4, 0.5) is 0 Å². The maximum atomic E-state index is 3.08. The first-order valence-corrected chi connectivity index (χ1v) is 3.15. The zero-order valence-electron chi connectivity index (χ0n) is 5.39. The third-order valence-electron chi connectivity index (χ3n) is 1.43. The van der Waals surface area contributed by atoms with E-state index >= 15 is 0 Å². The minimum atomic E-state index is 1.03. The second-order valence-corrected chi connectivity index (χ2v) is 2.10. The molecule has 0 saturated heterocycles.